The van der Waals surface area contributed by atoms with E-state index in [1.807, 2.05) is 13.8 Å². The molecule has 1 aromatic heterocycles. The van der Waals surface area contributed by atoms with Gasteiger partial charge in [0.25, 0.3) is 5.56 Å². The second-order valence-corrected chi connectivity index (χ2v) is 5.95. The Morgan fingerprint density at radius 3 is 2.79 bits per heavy atom. The number of hydrogen-bond donors (Lipinski definition) is 1. The van der Waals surface area contributed by atoms with Crippen LogP contribution in [0, 0.1) is 5.92 Å². The Labute approximate surface area is 122 Å². The summed E-state index contributed by atoms with van der Waals surface area (Å²) in [5.41, 5.74) is 0.00652. The van der Waals surface area contributed by atoms with Gasteiger partial charge in [-0.1, -0.05) is 13.8 Å². The van der Waals surface area contributed by atoms with Gasteiger partial charge >= 0.3 is 0 Å². The Bertz CT molecular complexity index is 469. The molecule has 19 heavy (non-hydrogen) atoms. The van der Waals surface area contributed by atoms with E-state index in [-0.39, 0.29) is 11.5 Å². The number of nitrogens with one attached hydrogen (secondary N) is 1. The molecule has 0 aliphatic heterocycles. The zero-order valence-electron chi connectivity index (χ0n) is 11.5. The lowest BCUT2D eigenvalue weighted by atomic mass is 10.1. The molecule has 1 heterocycles. The summed E-state index contributed by atoms with van der Waals surface area (Å²) < 4.78 is 2.58. The summed E-state index contributed by atoms with van der Waals surface area (Å²) in [6, 6.07) is 3.29. The summed E-state index contributed by atoms with van der Waals surface area (Å²) in [6.45, 7) is 5.41. The van der Waals surface area contributed by atoms with Gasteiger partial charge in [0.05, 0.1) is 0 Å². The minimum absolute atomic E-state index is 0.00652. The van der Waals surface area contributed by atoms with Crippen LogP contribution in [0.15, 0.2) is 27.6 Å². The lowest BCUT2D eigenvalue weighted by Crippen LogP contribution is -2.26. The highest BCUT2D eigenvalue weighted by Gasteiger charge is 2.03. The van der Waals surface area contributed by atoms with Crippen LogP contribution < -0.4 is 10.9 Å². The molecule has 1 N–H and O–H groups in total. The second kappa shape index (κ2) is 8.15. The van der Waals surface area contributed by atoms with Gasteiger partial charge in [-0.25, -0.2) is 0 Å². The Morgan fingerprint density at radius 1 is 1.37 bits per heavy atom. The maximum atomic E-state index is 11.5. The third kappa shape index (κ3) is 6.57. The maximum absolute atomic E-state index is 11.5. The highest BCUT2D eigenvalue weighted by molar-refractivity contribution is 9.10. The maximum Gasteiger partial charge on any atom is 0.250 e. The third-order valence-electron chi connectivity index (χ3n) is 2.69. The molecule has 0 atom stereocenters. The van der Waals surface area contributed by atoms with Crippen LogP contribution in [-0.4, -0.2) is 17.0 Å². The molecular formula is C14H21BrN2O2. The number of aromatic nitrogens is 1. The van der Waals surface area contributed by atoms with E-state index < -0.39 is 0 Å². The lowest BCUT2D eigenvalue weighted by molar-refractivity contribution is -0.121. The summed E-state index contributed by atoms with van der Waals surface area (Å²) >= 11 is 3.34. The summed E-state index contributed by atoms with van der Waals surface area (Å²) in [5, 5.41) is 2.89. The van der Waals surface area contributed by atoms with Crippen molar-refractivity contribution >= 4 is 21.8 Å². The zero-order chi connectivity index (χ0) is 14.3. The molecule has 0 unspecified atom stereocenters. The van der Waals surface area contributed by atoms with E-state index in [0.717, 1.165) is 17.3 Å². The van der Waals surface area contributed by atoms with Crippen LogP contribution in [0.4, 0.5) is 0 Å². The van der Waals surface area contributed by atoms with Crippen molar-refractivity contribution in [2.45, 2.75) is 39.7 Å². The highest BCUT2D eigenvalue weighted by Crippen LogP contribution is 2.05. The minimum Gasteiger partial charge on any atom is -0.356 e. The fourth-order valence-electron chi connectivity index (χ4n) is 1.75. The smallest absolute Gasteiger partial charge is 0.250 e. The number of carbonyl (C=O) groups is 1. The van der Waals surface area contributed by atoms with Crippen molar-refractivity contribution < 1.29 is 4.79 Å². The van der Waals surface area contributed by atoms with E-state index >= 15 is 0 Å². The normalized spacial score (nSPS) is 10.7. The van der Waals surface area contributed by atoms with Crippen molar-refractivity contribution in [3.63, 3.8) is 0 Å². The lowest BCUT2D eigenvalue weighted by Gasteiger charge is -2.08. The third-order valence-corrected chi connectivity index (χ3v) is 3.16. The van der Waals surface area contributed by atoms with E-state index in [9.17, 15) is 9.59 Å². The molecule has 0 spiro atoms. The predicted octanol–water partition coefficient (Wildman–Crippen LogP) is 2.55. The van der Waals surface area contributed by atoms with Crippen LogP contribution in [0.25, 0.3) is 0 Å². The van der Waals surface area contributed by atoms with Crippen molar-refractivity contribution in [2.75, 3.05) is 6.54 Å². The highest BCUT2D eigenvalue weighted by atomic mass is 79.9. The van der Waals surface area contributed by atoms with Gasteiger partial charge in [-0.05, 0) is 40.8 Å². The first-order valence-electron chi connectivity index (χ1n) is 6.61. The first kappa shape index (κ1) is 16.0. The van der Waals surface area contributed by atoms with Crippen molar-refractivity contribution in [1.82, 2.24) is 9.88 Å². The molecule has 0 saturated carbocycles. The number of nitrogens with zero attached hydrogens (tertiary/aromatic N) is 1. The van der Waals surface area contributed by atoms with Gasteiger partial charge < -0.3 is 9.88 Å². The van der Waals surface area contributed by atoms with Gasteiger partial charge in [0, 0.05) is 36.2 Å². The largest absolute Gasteiger partial charge is 0.356 e. The minimum atomic E-state index is 0.00652. The van der Waals surface area contributed by atoms with Crippen molar-refractivity contribution in [1.29, 1.82) is 0 Å². The van der Waals surface area contributed by atoms with Gasteiger partial charge in [0.1, 0.15) is 0 Å². The average Bonchev–Trinajstić information content (AvgIpc) is 2.32. The number of halogens is 1. The molecule has 0 fully saturated rings. The Morgan fingerprint density at radius 2 is 2.11 bits per heavy atom. The average molecular weight is 329 g/mol. The molecule has 4 nitrogen and oxygen atoms in total. The van der Waals surface area contributed by atoms with Crippen molar-refractivity contribution in [2.24, 2.45) is 5.92 Å². The molecular weight excluding hydrogens is 308 g/mol. The van der Waals surface area contributed by atoms with Crippen LogP contribution >= 0.6 is 15.9 Å². The van der Waals surface area contributed by atoms with E-state index in [2.05, 4.69) is 21.2 Å². The summed E-state index contributed by atoms with van der Waals surface area (Å²) in [5.74, 6) is 0.495. The number of unbranched alkanes of at least 4 members (excludes halogenated alkanes) is 1. The predicted molar refractivity (Wildman–Crippen MR) is 80.1 cm³/mol. The number of pyridine rings is 1. The van der Waals surface area contributed by atoms with Crippen LogP contribution in [0.2, 0.25) is 0 Å². The van der Waals surface area contributed by atoms with E-state index in [1.54, 1.807) is 22.9 Å². The molecule has 1 aromatic rings. The van der Waals surface area contributed by atoms with Crippen LogP contribution in [-0.2, 0) is 11.3 Å². The number of aryl methyl sites for hydroxylation is 1. The number of rotatable bonds is 7. The molecule has 0 aliphatic rings. The summed E-state index contributed by atoms with van der Waals surface area (Å²) in [6.07, 6.45) is 4.12. The van der Waals surface area contributed by atoms with Crippen molar-refractivity contribution in [3.8, 4) is 0 Å². The summed E-state index contributed by atoms with van der Waals surface area (Å²) in [7, 11) is 0. The Kier molecular flexibility index (Phi) is 6.84. The molecule has 0 radical (unpaired) electrons. The van der Waals surface area contributed by atoms with E-state index in [4.69, 9.17) is 0 Å². The van der Waals surface area contributed by atoms with Crippen LogP contribution in [0.5, 0.6) is 0 Å². The number of carbonyl (C=O) groups excluding carboxylic acids is 1. The van der Waals surface area contributed by atoms with Gasteiger partial charge in [-0.2, -0.15) is 0 Å². The molecule has 0 bridgehead atoms. The molecule has 1 rings (SSSR count). The monoisotopic (exact) mass is 328 g/mol. The van der Waals surface area contributed by atoms with Crippen molar-refractivity contribution in [3.05, 3.63) is 33.2 Å². The molecule has 5 heteroatoms. The van der Waals surface area contributed by atoms with Gasteiger partial charge in [0.2, 0.25) is 5.91 Å². The van der Waals surface area contributed by atoms with Crippen LogP contribution in [0.3, 0.4) is 0 Å². The molecule has 1 amide bonds. The zero-order valence-corrected chi connectivity index (χ0v) is 13.1. The van der Waals surface area contributed by atoms with Gasteiger partial charge in [-0.15, -0.1) is 0 Å². The standard InChI is InChI=1S/C14H21BrN2O2/c1-11(2)9-13(18)16-7-3-4-8-17-10-12(15)5-6-14(17)19/h5-6,10-11H,3-4,7-9H2,1-2H3,(H,16,18). The fourth-order valence-corrected chi connectivity index (χ4v) is 2.13. The van der Waals surface area contributed by atoms with Crippen LogP contribution in [0.1, 0.15) is 33.1 Å². The fraction of sp³-hybridized carbons (Fsp3) is 0.571. The molecule has 0 saturated heterocycles. The van der Waals surface area contributed by atoms with E-state index in [1.165, 1.54) is 0 Å². The topological polar surface area (TPSA) is 51.1 Å². The second-order valence-electron chi connectivity index (χ2n) is 5.03. The first-order valence-corrected chi connectivity index (χ1v) is 7.41. The quantitative estimate of drug-likeness (QED) is 0.782. The molecule has 106 valence electrons. The number of hydrogen-bond acceptors (Lipinski definition) is 2. The summed E-state index contributed by atoms with van der Waals surface area (Å²) in [4.78, 5) is 22.9. The molecule has 0 aromatic carbocycles. The van der Waals surface area contributed by atoms with Gasteiger partial charge in [0.15, 0.2) is 0 Å². The Hall–Kier alpha value is -1.10. The van der Waals surface area contributed by atoms with Gasteiger partial charge in [-0.3, -0.25) is 9.59 Å². The SMILES string of the molecule is CC(C)CC(=O)NCCCCn1cc(Br)ccc1=O. The Balaban J connectivity index is 2.22. The van der Waals surface area contributed by atoms with E-state index in [0.29, 0.717) is 25.4 Å². The first-order chi connectivity index (χ1) is 8.99. The molecule has 0 aliphatic carbocycles. The number of amides is 1.